The van der Waals surface area contributed by atoms with E-state index in [0.717, 1.165) is 16.2 Å². The van der Waals surface area contributed by atoms with Crippen LogP contribution in [0.15, 0.2) is 47.6 Å². The Labute approximate surface area is 92.4 Å². The van der Waals surface area contributed by atoms with Crippen molar-refractivity contribution >= 4 is 11.8 Å². The second-order valence-corrected chi connectivity index (χ2v) is 3.92. The van der Waals surface area contributed by atoms with Crippen LogP contribution in [0.3, 0.4) is 0 Å². The molecule has 0 amide bonds. The molecule has 0 saturated heterocycles. The molecule has 0 atom stereocenters. The SMILES string of the molecule is CSc1cc(-c2ccc(F)cc2)ccn1. The van der Waals surface area contributed by atoms with Crippen LogP contribution in [0.25, 0.3) is 11.1 Å². The monoisotopic (exact) mass is 219 g/mol. The molecular formula is C12H10FNS. The number of pyridine rings is 1. The van der Waals surface area contributed by atoms with Crippen LogP contribution < -0.4 is 0 Å². The summed E-state index contributed by atoms with van der Waals surface area (Å²) in [6, 6.07) is 10.4. The molecule has 0 unspecified atom stereocenters. The molecule has 2 aromatic rings. The maximum Gasteiger partial charge on any atom is 0.123 e. The largest absolute Gasteiger partial charge is 0.250 e. The third-order valence-corrected chi connectivity index (χ3v) is 2.76. The van der Waals surface area contributed by atoms with Gasteiger partial charge in [0.25, 0.3) is 0 Å². The smallest absolute Gasteiger partial charge is 0.123 e. The second-order valence-electron chi connectivity index (χ2n) is 3.09. The van der Waals surface area contributed by atoms with Crippen LogP contribution in [-0.4, -0.2) is 11.2 Å². The van der Waals surface area contributed by atoms with Crippen LogP contribution in [0.4, 0.5) is 4.39 Å². The fraction of sp³-hybridized carbons (Fsp3) is 0.0833. The van der Waals surface area contributed by atoms with E-state index in [0.29, 0.717) is 0 Å². The minimum atomic E-state index is -0.210. The predicted octanol–water partition coefficient (Wildman–Crippen LogP) is 3.61. The van der Waals surface area contributed by atoms with Gasteiger partial charge in [-0.15, -0.1) is 11.8 Å². The lowest BCUT2D eigenvalue weighted by Crippen LogP contribution is -1.82. The van der Waals surface area contributed by atoms with Crippen LogP contribution in [0, 0.1) is 5.82 Å². The summed E-state index contributed by atoms with van der Waals surface area (Å²) in [6.45, 7) is 0. The average molecular weight is 219 g/mol. The summed E-state index contributed by atoms with van der Waals surface area (Å²) in [6.07, 6.45) is 3.75. The molecular weight excluding hydrogens is 209 g/mol. The first-order chi connectivity index (χ1) is 7.29. The highest BCUT2D eigenvalue weighted by Gasteiger charge is 1.99. The van der Waals surface area contributed by atoms with Crippen molar-refractivity contribution in [3.05, 3.63) is 48.4 Å². The zero-order valence-corrected chi connectivity index (χ0v) is 9.09. The third kappa shape index (κ3) is 2.36. The molecule has 3 heteroatoms. The number of aromatic nitrogens is 1. The quantitative estimate of drug-likeness (QED) is 0.716. The van der Waals surface area contributed by atoms with Gasteiger partial charge in [0.05, 0.1) is 5.03 Å². The summed E-state index contributed by atoms with van der Waals surface area (Å²) in [5.41, 5.74) is 2.07. The topological polar surface area (TPSA) is 12.9 Å². The first kappa shape index (κ1) is 10.2. The van der Waals surface area contributed by atoms with Crippen molar-refractivity contribution in [3.63, 3.8) is 0 Å². The Hall–Kier alpha value is -1.35. The van der Waals surface area contributed by atoms with E-state index in [4.69, 9.17) is 0 Å². The van der Waals surface area contributed by atoms with E-state index in [1.165, 1.54) is 12.1 Å². The zero-order valence-electron chi connectivity index (χ0n) is 8.27. The molecule has 1 aromatic carbocycles. The highest BCUT2D eigenvalue weighted by molar-refractivity contribution is 7.98. The van der Waals surface area contributed by atoms with Crippen molar-refractivity contribution in [3.8, 4) is 11.1 Å². The van der Waals surface area contributed by atoms with Gasteiger partial charge in [-0.25, -0.2) is 9.37 Å². The molecule has 0 aliphatic heterocycles. The van der Waals surface area contributed by atoms with Crippen LogP contribution in [0.2, 0.25) is 0 Å². The number of nitrogens with zero attached hydrogens (tertiary/aromatic N) is 1. The maximum absolute atomic E-state index is 12.7. The average Bonchev–Trinajstić information content (AvgIpc) is 2.30. The summed E-state index contributed by atoms with van der Waals surface area (Å²) in [5.74, 6) is -0.210. The van der Waals surface area contributed by atoms with Crippen molar-refractivity contribution in [1.82, 2.24) is 4.98 Å². The normalized spacial score (nSPS) is 10.3. The van der Waals surface area contributed by atoms with Gasteiger partial charge in [-0.05, 0) is 41.6 Å². The molecule has 0 radical (unpaired) electrons. The molecule has 0 aliphatic rings. The van der Waals surface area contributed by atoms with Gasteiger partial charge in [-0.1, -0.05) is 12.1 Å². The van der Waals surface area contributed by atoms with E-state index >= 15 is 0 Å². The van der Waals surface area contributed by atoms with Crippen LogP contribution in [0.1, 0.15) is 0 Å². The van der Waals surface area contributed by atoms with Gasteiger partial charge in [0.15, 0.2) is 0 Å². The van der Waals surface area contributed by atoms with Gasteiger partial charge >= 0.3 is 0 Å². The number of benzene rings is 1. The molecule has 1 nitrogen and oxygen atoms in total. The van der Waals surface area contributed by atoms with Gasteiger partial charge in [-0.3, -0.25) is 0 Å². The van der Waals surface area contributed by atoms with E-state index in [2.05, 4.69) is 4.98 Å². The molecule has 0 aliphatic carbocycles. The summed E-state index contributed by atoms with van der Waals surface area (Å²) < 4.78 is 12.7. The fourth-order valence-corrected chi connectivity index (χ4v) is 1.75. The second kappa shape index (κ2) is 4.45. The van der Waals surface area contributed by atoms with Crippen molar-refractivity contribution in [2.75, 3.05) is 6.26 Å². The number of thioether (sulfide) groups is 1. The number of hydrogen-bond acceptors (Lipinski definition) is 2. The molecule has 1 heterocycles. The molecule has 15 heavy (non-hydrogen) atoms. The first-order valence-corrected chi connectivity index (χ1v) is 5.78. The summed E-state index contributed by atoms with van der Waals surface area (Å²) in [5, 5.41) is 0.969. The molecule has 0 bridgehead atoms. The maximum atomic E-state index is 12.7. The molecule has 0 saturated carbocycles. The third-order valence-electron chi connectivity index (χ3n) is 2.12. The van der Waals surface area contributed by atoms with Crippen molar-refractivity contribution < 1.29 is 4.39 Å². The highest BCUT2D eigenvalue weighted by Crippen LogP contribution is 2.22. The summed E-state index contributed by atoms with van der Waals surface area (Å²) >= 11 is 1.60. The molecule has 0 spiro atoms. The number of halogens is 1. The first-order valence-electron chi connectivity index (χ1n) is 4.55. The zero-order chi connectivity index (χ0) is 10.7. The molecule has 1 aromatic heterocycles. The molecule has 2 rings (SSSR count). The fourth-order valence-electron chi connectivity index (χ4n) is 1.34. The number of rotatable bonds is 2. The predicted molar refractivity (Wildman–Crippen MR) is 61.4 cm³/mol. The van der Waals surface area contributed by atoms with Crippen molar-refractivity contribution in [2.24, 2.45) is 0 Å². The van der Waals surface area contributed by atoms with Gasteiger partial charge < -0.3 is 0 Å². The molecule has 0 N–H and O–H groups in total. The minimum Gasteiger partial charge on any atom is -0.250 e. The van der Waals surface area contributed by atoms with E-state index in [1.54, 1.807) is 30.1 Å². The molecule has 76 valence electrons. The lowest BCUT2D eigenvalue weighted by molar-refractivity contribution is 0.628. The Morgan fingerprint density at radius 1 is 1.07 bits per heavy atom. The van der Waals surface area contributed by atoms with E-state index < -0.39 is 0 Å². The van der Waals surface area contributed by atoms with E-state index in [1.807, 2.05) is 18.4 Å². The standard InChI is InChI=1S/C12H10FNS/c1-15-12-8-10(6-7-14-12)9-2-4-11(13)5-3-9/h2-8H,1H3. The van der Waals surface area contributed by atoms with Crippen LogP contribution in [0.5, 0.6) is 0 Å². The Balaban J connectivity index is 2.40. The van der Waals surface area contributed by atoms with Crippen LogP contribution >= 0.6 is 11.8 Å². The minimum absolute atomic E-state index is 0.210. The lowest BCUT2D eigenvalue weighted by atomic mass is 10.1. The summed E-state index contributed by atoms with van der Waals surface area (Å²) in [7, 11) is 0. The Kier molecular flexibility index (Phi) is 3.02. The van der Waals surface area contributed by atoms with Crippen molar-refractivity contribution in [2.45, 2.75) is 5.03 Å². The van der Waals surface area contributed by atoms with Gasteiger partial charge in [-0.2, -0.15) is 0 Å². The lowest BCUT2D eigenvalue weighted by Gasteiger charge is -2.02. The number of hydrogen-bond donors (Lipinski definition) is 0. The van der Waals surface area contributed by atoms with E-state index in [9.17, 15) is 4.39 Å². The van der Waals surface area contributed by atoms with Crippen molar-refractivity contribution in [1.29, 1.82) is 0 Å². The molecule has 0 fully saturated rings. The summed E-state index contributed by atoms with van der Waals surface area (Å²) in [4.78, 5) is 4.19. The van der Waals surface area contributed by atoms with Gasteiger partial charge in [0, 0.05) is 6.20 Å². The Morgan fingerprint density at radius 2 is 1.80 bits per heavy atom. The Morgan fingerprint density at radius 3 is 2.47 bits per heavy atom. The van der Waals surface area contributed by atoms with Gasteiger partial charge in [0.2, 0.25) is 0 Å². The van der Waals surface area contributed by atoms with Gasteiger partial charge in [0.1, 0.15) is 5.82 Å². The Bertz CT molecular complexity index is 453. The van der Waals surface area contributed by atoms with Crippen LogP contribution in [-0.2, 0) is 0 Å². The highest BCUT2D eigenvalue weighted by atomic mass is 32.2. The van der Waals surface area contributed by atoms with E-state index in [-0.39, 0.29) is 5.82 Å².